The second-order valence-electron chi connectivity index (χ2n) is 4.39. The Morgan fingerprint density at radius 2 is 2.32 bits per heavy atom. The summed E-state index contributed by atoms with van der Waals surface area (Å²) < 4.78 is 15.4. The van der Waals surface area contributed by atoms with Gasteiger partial charge in [-0.3, -0.25) is 4.79 Å². The highest BCUT2D eigenvalue weighted by Crippen LogP contribution is 2.20. The van der Waals surface area contributed by atoms with E-state index in [4.69, 9.17) is 11.6 Å². The summed E-state index contributed by atoms with van der Waals surface area (Å²) in [5.41, 5.74) is 0.0961. The zero-order chi connectivity index (χ0) is 16.1. The van der Waals surface area contributed by atoms with Crippen molar-refractivity contribution in [1.29, 1.82) is 0 Å². The van der Waals surface area contributed by atoms with Crippen molar-refractivity contribution in [1.82, 2.24) is 14.8 Å². The van der Waals surface area contributed by atoms with Gasteiger partial charge in [-0.2, -0.15) is 0 Å². The molecule has 2 rings (SSSR count). The number of aryl methyl sites for hydroxylation is 1. The molecule has 1 amide bonds. The van der Waals surface area contributed by atoms with E-state index in [1.807, 2.05) is 11.5 Å². The van der Waals surface area contributed by atoms with E-state index in [1.54, 1.807) is 6.08 Å². The first-order chi connectivity index (χ1) is 10.5. The molecule has 0 aliphatic heterocycles. The first kappa shape index (κ1) is 16.5. The molecule has 0 radical (unpaired) electrons. The minimum atomic E-state index is -0.573. The molecular weight excluding hydrogens is 327 g/mol. The van der Waals surface area contributed by atoms with E-state index >= 15 is 0 Å². The maximum Gasteiger partial charge on any atom is 0.234 e. The van der Waals surface area contributed by atoms with Crippen LogP contribution in [-0.4, -0.2) is 26.4 Å². The molecule has 1 aromatic heterocycles. The lowest BCUT2D eigenvalue weighted by molar-refractivity contribution is -0.113. The number of hydrogen-bond acceptors (Lipinski definition) is 4. The largest absolute Gasteiger partial charge is 0.323 e. The third-order valence-electron chi connectivity index (χ3n) is 2.75. The maximum atomic E-state index is 13.6. The van der Waals surface area contributed by atoms with E-state index in [2.05, 4.69) is 22.1 Å². The number of nitrogens with zero attached hydrogens (tertiary/aromatic N) is 3. The number of carbonyl (C=O) groups excluding carboxylic acids is 1. The molecular formula is C14H14ClFN4OS. The van der Waals surface area contributed by atoms with Crippen molar-refractivity contribution in [2.75, 3.05) is 11.1 Å². The molecule has 0 aliphatic carbocycles. The Balaban J connectivity index is 1.97. The first-order valence-electron chi connectivity index (χ1n) is 6.39. The van der Waals surface area contributed by atoms with Gasteiger partial charge in [0, 0.05) is 11.6 Å². The monoisotopic (exact) mass is 340 g/mol. The number of anilines is 1. The number of thioether (sulfide) groups is 1. The lowest BCUT2D eigenvalue weighted by Gasteiger charge is -2.07. The van der Waals surface area contributed by atoms with Gasteiger partial charge in [0.25, 0.3) is 0 Å². The van der Waals surface area contributed by atoms with Gasteiger partial charge in [-0.15, -0.1) is 16.8 Å². The number of halogens is 2. The molecule has 0 bridgehead atoms. The van der Waals surface area contributed by atoms with Gasteiger partial charge in [-0.25, -0.2) is 4.39 Å². The third kappa shape index (κ3) is 4.08. The fourth-order valence-electron chi connectivity index (χ4n) is 1.71. The Bertz CT molecular complexity index is 704. The summed E-state index contributed by atoms with van der Waals surface area (Å²) in [4.78, 5) is 11.9. The van der Waals surface area contributed by atoms with Crippen molar-refractivity contribution < 1.29 is 9.18 Å². The highest BCUT2D eigenvalue weighted by Gasteiger charge is 2.12. The molecule has 2 aromatic rings. The summed E-state index contributed by atoms with van der Waals surface area (Å²) in [5.74, 6) is -0.0720. The normalized spacial score (nSPS) is 10.5. The average Bonchev–Trinajstić information content (AvgIpc) is 2.81. The highest BCUT2D eigenvalue weighted by atomic mass is 35.5. The number of amides is 1. The molecule has 1 aromatic carbocycles. The maximum absolute atomic E-state index is 13.6. The first-order valence-corrected chi connectivity index (χ1v) is 7.76. The van der Waals surface area contributed by atoms with Gasteiger partial charge in [0.15, 0.2) is 5.16 Å². The van der Waals surface area contributed by atoms with Crippen LogP contribution in [-0.2, 0) is 11.3 Å². The van der Waals surface area contributed by atoms with Gasteiger partial charge in [-0.05, 0) is 25.1 Å². The molecule has 0 unspecified atom stereocenters. The molecule has 0 aliphatic rings. The van der Waals surface area contributed by atoms with E-state index in [9.17, 15) is 9.18 Å². The SMILES string of the molecule is C=CCn1c(C)nnc1SCC(=O)Nc1ccc(Cl)cc1F. The summed E-state index contributed by atoms with van der Waals surface area (Å²) >= 11 is 6.89. The fraction of sp³-hybridized carbons (Fsp3) is 0.214. The van der Waals surface area contributed by atoms with Gasteiger partial charge in [0.1, 0.15) is 11.6 Å². The van der Waals surface area contributed by atoms with Gasteiger partial charge in [-0.1, -0.05) is 29.4 Å². The van der Waals surface area contributed by atoms with E-state index < -0.39 is 5.82 Å². The zero-order valence-electron chi connectivity index (χ0n) is 11.8. The van der Waals surface area contributed by atoms with Crippen LogP contribution in [0.4, 0.5) is 10.1 Å². The number of aromatic nitrogens is 3. The minimum absolute atomic E-state index is 0.0946. The topological polar surface area (TPSA) is 59.8 Å². The smallest absolute Gasteiger partial charge is 0.234 e. The van der Waals surface area contributed by atoms with Crippen LogP contribution in [0.25, 0.3) is 0 Å². The van der Waals surface area contributed by atoms with Crippen LogP contribution >= 0.6 is 23.4 Å². The summed E-state index contributed by atoms with van der Waals surface area (Å²) in [5, 5.41) is 11.3. The second-order valence-corrected chi connectivity index (χ2v) is 5.77. The summed E-state index contributed by atoms with van der Waals surface area (Å²) in [6, 6.07) is 4.08. The van der Waals surface area contributed by atoms with Crippen LogP contribution in [0.3, 0.4) is 0 Å². The standard InChI is InChI=1S/C14H14ClFN4OS/c1-3-6-20-9(2)18-19-14(20)22-8-13(21)17-12-5-4-10(15)7-11(12)16/h3-5,7H,1,6,8H2,2H3,(H,17,21). The molecule has 0 fully saturated rings. The summed E-state index contributed by atoms with van der Waals surface area (Å²) in [6.45, 7) is 6.06. The molecule has 1 N–H and O–H groups in total. The van der Waals surface area contributed by atoms with Crippen LogP contribution in [0.2, 0.25) is 5.02 Å². The Labute approximate surface area is 136 Å². The molecule has 22 heavy (non-hydrogen) atoms. The number of benzene rings is 1. The summed E-state index contributed by atoms with van der Waals surface area (Å²) in [7, 11) is 0. The lowest BCUT2D eigenvalue weighted by Crippen LogP contribution is -2.15. The van der Waals surface area contributed by atoms with Gasteiger partial charge >= 0.3 is 0 Å². The van der Waals surface area contributed by atoms with Gasteiger partial charge < -0.3 is 9.88 Å². The number of hydrogen-bond donors (Lipinski definition) is 1. The molecule has 0 saturated carbocycles. The molecule has 0 atom stereocenters. The van der Waals surface area contributed by atoms with Crippen molar-refractivity contribution in [3.63, 3.8) is 0 Å². The Hall–Kier alpha value is -1.86. The van der Waals surface area contributed by atoms with E-state index in [-0.39, 0.29) is 22.4 Å². The highest BCUT2D eigenvalue weighted by molar-refractivity contribution is 7.99. The predicted octanol–water partition coefficient (Wildman–Crippen LogP) is 3.30. The van der Waals surface area contributed by atoms with Crippen LogP contribution in [0.1, 0.15) is 5.82 Å². The fourth-order valence-corrected chi connectivity index (χ4v) is 2.67. The number of allylic oxidation sites excluding steroid dienone is 1. The molecule has 1 heterocycles. The average molecular weight is 341 g/mol. The van der Waals surface area contributed by atoms with Crippen LogP contribution in [0.5, 0.6) is 0 Å². The molecule has 5 nitrogen and oxygen atoms in total. The predicted molar refractivity (Wildman–Crippen MR) is 85.7 cm³/mol. The van der Waals surface area contributed by atoms with Crippen molar-refractivity contribution in [3.8, 4) is 0 Å². The number of rotatable bonds is 6. The molecule has 116 valence electrons. The summed E-state index contributed by atoms with van der Waals surface area (Å²) in [6.07, 6.45) is 1.73. The van der Waals surface area contributed by atoms with Crippen molar-refractivity contribution in [3.05, 3.63) is 47.5 Å². The zero-order valence-corrected chi connectivity index (χ0v) is 13.4. The number of nitrogens with one attached hydrogen (secondary N) is 1. The van der Waals surface area contributed by atoms with E-state index in [0.29, 0.717) is 11.7 Å². The van der Waals surface area contributed by atoms with Crippen LogP contribution in [0.15, 0.2) is 36.0 Å². The quantitative estimate of drug-likeness (QED) is 0.647. The molecule has 0 spiro atoms. The lowest BCUT2D eigenvalue weighted by atomic mass is 10.3. The van der Waals surface area contributed by atoms with Crippen LogP contribution in [0, 0.1) is 12.7 Å². The van der Waals surface area contributed by atoms with Crippen molar-refractivity contribution in [2.24, 2.45) is 0 Å². The third-order valence-corrected chi connectivity index (χ3v) is 3.95. The van der Waals surface area contributed by atoms with Crippen molar-refractivity contribution >= 4 is 35.0 Å². The minimum Gasteiger partial charge on any atom is -0.323 e. The number of carbonyl (C=O) groups is 1. The van der Waals surface area contributed by atoms with Crippen molar-refractivity contribution in [2.45, 2.75) is 18.6 Å². The Morgan fingerprint density at radius 1 is 1.55 bits per heavy atom. The Kier molecular flexibility index (Phi) is 5.57. The second kappa shape index (κ2) is 7.42. The van der Waals surface area contributed by atoms with E-state index in [1.165, 1.54) is 23.9 Å². The van der Waals surface area contributed by atoms with Gasteiger partial charge in [0.2, 0.25) is 5.91 Å². The van der Waals surface area contributed by atoms with E-state index in [0.717, 1.165) is 11.9 Å². The van der Waals surface area contributed by atoms with Gasteiger partial charge in [0.05, 0.1) is 11.4 Å². The van der Waals surface area contributed by atoms with Crippen LogP contribution < -0.4 is 5.32 Å². The molecule has 0 saturated heterocycles. The Morgan fingerprint density at radius 3 is 3.00 bits per heavy atom. The molecule has 8 heteroatoms.